The lowest BCUT2D eigenvalue weighted by Crippen LogP contribution is -2.52. The minimum absolute atomic E-state index is 0.204. The van der Waals surface area contributed by atoms with Crippen molar-refractivity contribution in [3.05, 3.63) is 33.8 Å². The molecule has 0 aromatic heterocycles. The first kappa shape index (κ1) is 16.1. The molecule has 0 amide bonds. The maximum Gasteiger partial charge on any atom is 0.0459 e. The first-order chi connectivity index (χ1) is 9.36. The van der Waals surface area contributed by atoms with Crippen molar-refractivity contribution in [2.45, 2.75) is 51.0 Å². The highest BCUT2D eigenvalue weighted by Crippen LogP contribution is 2.51. The van der Waals surface area contributed by atoms with E-state index >= 15 is 0 Å². The fourth-order valence-corrected chi connectivity index (χ4v) is 4.21. The molecule has 0 saturated heterocycles. The molecule has 0 radical (unpaired) electrons. The SMILES string of the molecule is CC(C)C[C@H](N(C)C)C1(c2ccc(Cl)cc2Cl)CCC1. The van der Waals surface area contributed by atoms with Crippen LogP contribution in [0.1, 0.15) is 45.1 Å². The Kier molecular flexibility index (Phi) is 5.05. The fraction of sp³-hybridized carbons (Fsp3) is 0.647. The topological polar surface area (TPSA) is 3.24 Å². The van der Waals surface area contributed by atoms with Crippen LogP contribution in [0.3, 0.4) is 0 Å². The molecule has 0 spiro atoms. The van der Waals surface area contributed by atoms with Gasteiger partial charge in [-0.3, -0.25) is 0 Å². The van der Waals surface area contributed by atoms with Gasteiger partial charge in [-0.1, -0.05) is 49.5 Å². The van der Waals surface area contributed by atoms with Crippen LogP contribution in [-0.4, -0.2) is 25.0 Å². The van der Waals surface area contributed by atoms with Crippen molar-refractivity contribution < 1.29 is 0 Å². The van der Waals surface area contributed by atoms with E-state index in [1.54, 1.807) is 0 Å². The number of hydrogen-bond donors (Lipinski definition) is 0. The van der Waals surface area contributed by atoms with Crippen molar-refractivity contribution in [2.24, 2.45) is 5.92 Å². The zero-order valence-corrected chi connectivity index (χ0v) is 14.4. The molecule has 1 nitrogen and oxygen atoms in total. The summed E-state index contributed by atoms with van der Waals surface area (Å²) in [5, 5.41) is 1.55. The lowest BCUT2D eigenvalue weighted by Gasteiger charge is -2.51. The molecule has 1 atom stereocenters. The smallest absolute Gasteiger partial charge is 0.0459 e. The highest BCUT2D eigenvalue weighted by molar-refractivity contribution is 6.35. The normalized spacial score (nSPS) is 19.2. The maximum absolute atomic E-state index is 6.51. The first-order valence-electron chi connectivity index (χ1n) is 7.49. The largest absolute Gasteiger partial charge is 0.306 e. The van der Waals surface area contributed by atoms with Gasteiger partial charge in [0, 0.05) is 21.5 Å². The van der Waals surface area contributed by atoms with Crippen molar-refractivity contribution >= 4 is 23.2 Å². The molecule has 1 aliphatic carbocycles. The van der Waals surface area contributed by atoms with Crippen molar-refractivity contribution in [1.29, 1.82) is 0 Å². The summed E-state index contributed by atoms with van der Waals surface area (Å²) in [4.78, 5) is 2.38. The van der Waals surface area contributed by atoms with Gasteiger partial charge in [-0.2, -0.15) is 0 Å². The first-order valence-corrected chi connectivity index (χ1v) is 8.24. The quantitative estimate of drug-likeness (QED) is 0.704. The van der Waals surface area contributed by atoms with Gasteiger partial charge in [0.15, 0.2) is 0 Å². The lowest BCUT2D eigenvalue weighted by molar-refractivity contribution is 0.0809. The van der Waals surface area contributed by atoms with Gasteiger partial charge in [0.05, 0.1) is 0 Å². The van der Waals surface area contributed by atoms with Gasteiger partial charge in [0.25, 0.3) is 0 Å². The van der Waals surface area contributed by atoms with Crippen LogP contribution in [0.5, 0.6) is 0 Å². The molecule has 0 heterocycles. The third-order valence-corrected chi connectivity index (χ3v) is 5.22. The minimum Gasteiger partial charge on any atom is -0.306 e. The average molecular weight is 314 g/mol. The van der Waals surface area contributed by atoms with Crippen molar-refractivity contribution in [1.82, 2.24) is 4.90 Å². The number of rotatable bonds is 5. The standard InChI is InChI=1S/C17H25Cl2N/c1-12(2)10-16(20(3)4)17(8-5-9-17)14-7-6-13(18)11-15(14)19/h6-7,11-12,16H,5,8-10H2,1-4H3/t16-/m0/s1. The van der Waals surface area contributed by atoms with Gasteiger partial charge in [0.2, 0.25) is 0 Å². The Morgan fingerprint density at radius 3 is 2.25 bits per heavy atom. The molecule has 0 aliphatic heterocycles. The molecule has 1 aromatic carbocycles. The van der Waals surface area contributed by atoms with E-state index in [-0.39, 0.29) is 5.41 Å². The number of nitrogens with zero attached hydrogens (tertiary/aromatic N) is 1. The molecule has 0 N–H and O–H groups in total. The molecule has 0 unspecified atom stereocenters. The van der Waals surface area contributed by atoms with E-state index in [4.69, 9.17) is 23.2 Å². The van der Waals surface area contributed by atoms with E-state index in [9.17, 15) is 0 Å². The molecular formula is C17H25Cl2N. The van der Waals surface area contributed by atoms with Crippen LogP contribution in [0.15, 0.2) is 18.2 Å². The average Bonchev–Trinajstić information content (AvgIpc) is 2.28. The Balaban J connectivity index is 2.41. The summed E-state index contributed by atoms with van der Waals surface area (Å²) >= 11 is 12.6. The van der Waals surface area contributed by atoms with E-state index in [1.807, 2.05) is 12.1 Å². The second-order valence-electron chi connectivity index (χ2n) is 6.74. The Morgan fingerprint density at radius 2 is 1.85 bits per heavy atom. The predicted molar refractivity (Wildman–Crippen MR) is 88.9 cm³/mol. The van der Waals surface area contributed by atoms with E-state index in [2.05, 4.69) is 38.9 Å². The monoisotopic (exact) mass is 313 g/mol. The van der Waals surface area contributed by atoms with Crippen LogP contribution < -0.4 is 0 Å². The molecule has 3 heteroatoms. The second-order valence-corrected chi connectivity index (χ2v) is 7.59. The molecular weight excluding hydrogens is 289 g/mol. The van der Waals surface area contributed by atoms with Gasteiger partial charge in [-0.15, -0.1) is 0 Å². The van der Waals surface area contributed by atoms with Gasteiger partial charge in [-0.25, -0.2) is 0 Å². The zero-order valence-electron chi connectivity index (χ0n) is 12.9. The molecule has 20 heavy (non-hydrogen) atoms. The number of halogens is 2. The summed E-state index contributed by atoms with van der Waals surface area (Å²) in [6, 6.07) is 6.54. The minimum atomic E-state index is 0.204. The van der Waals surface area contributed by atoms with E-state index in [1.165, 1.54) is 31.2 Å². The Morgan fingerprint density at radius 1 is 1.20 bits per heavy atom. The van der Waals surface area contributed by atoms with E-state index in [0.29, 0.717) is 12.0 Å². The molecule has 0 bridgehead atoms. The molecule has 1 aliphatic rings. The fourth-order valence-electron chi connectivity index (χ4n) is 3.61. The highest BCUT2D eigenvalue weighted by Gasteiger charge is 2.47. The Hall–Kier alpha value is -0.240. The molecule has 112 valence electrons. The van der Waals surface area contributed by atoms with Crippen molar-refractivity contribution in [3.63, 3.8) is 0 Å². The van der Waals surface area contributed by atoms with E-state index in [0.717, 1.165) is 10.0 Å². The van der Waals surface area contributed by atoms with E-state index < -0.39 is 0 Å². The van der Waals surface area contributed by atoms with Gasteiger partial charge >= 0.3 is 0 Å². The Labute approximate surface area is 133 Å². The third kappa shape index (κ3) is 3.00. The van der Waals surface area contributed by atoms with Crippen LogP contribution in [-0.2, 0) is 5.41 Å². The summed E-state index contributed by atoms with van der Waals surface area (Å²) in [6.07, 6.45) is 4.95. The molecule has 1 saturated carbocycles. The number of likely N-dealkylation sites (N-methyl/N-ethyl adjacent to an activating group) is 1. The van der Waals surface area contributed by atoms with Gasteiger partial charge < -0.3 is 4.90 Å². The van der Waals surface area contributed by atoms with Crippen molar-refractivity contribution in [3.8, 4) is 0 Å². The molecule has 1 fully saturated rings. The number of hydrogen-bond acceptors (Lipinski definition) is 1. The molecule has 1 aromatic rings. The summed E-state index contributed by atoms with van der Waals surface area (Å²) in [6.45, 7) is 4.60. The summed E-state index contributed by atoms with van der Waals surface area (Å²) in [7, 11) is 4.38. The van der Waals surface area contributed by atoms with Crippen LogP contribution in [0.2, 0.25) is 10.0 Å². The third-order valence-electron chi connectivity index (χ3n) is 4.67. The lowest BCUT2D eigenvalue weighted by atomic mass is 9.58. The van der Waals surface area contributed by atoms with Crippen LogP contribution in [0.4, 0.5) is 0 Å². The Bertz CT molecular complexity index is 464. The van der Waals surface area contributed by atoms with Crippen LogP contribution in [0, 0.1) is 5.92 Å². The number of benzene rings is 1. The summed E-state index contributed by atoms with van der Waals surface area (Å²) in [5.74, 6) is 0.686. The second kappa shape index (κ2) is 6.25. The zero-order chi connectivity index (χ0) is 14.9. The maximum atomic E-state index is 6.51. The summed E-state index contributed by atoms with van der Waals surface area (Å²) in [5.41, 5.74) is 1.49. The highest BCUT2D eigenvalue weighted by atomic mass is 35.5. The van der Waals surface area contributed by atoms with Crippen LogP contribution >= 0.6 is 23.2 Å². The van der Waals surface area contributed by atoms with Crippen LogP contribution in [0.25, 0.3) is 0 Å². The van der Waals surface area contributed by atoms with Gasteiger partial charge in [0.1, 0.15) is 0 Å². The predicted octanol–water partition coefficient (Wildman–Crippen LogP) is 5.39. The summed E-state index contributed by atoms with van der Waals surface area (Å²) < 4.78 is 0. The molecule has 2 rings (SSSR count). The van der Waals surface area contributed by atoms with Crippen molar-refractivity contribution in [2.75, 3.05) is 14.1 Å². The van der Waals surface area contributed by atoms with Gasteiger partial charge in [-0.05, 0) is 57.0 Å².